The summed E-state index contributed by atoms with van der Waals surface area (Å²) in [5, 5.41) is 12.9. The summed E-state index contributed by atoms with van der Waals surface area (Å²) in [6.07, 6.45) is 5.12. The predicted molar refractivity (Wildman–Crippen MR) is 141 cm³/mol. The molecule has 0 saturated heterocycles. The zero-order chi connectivity index (χ0) is 25.2. The molecule has 0 radical (unpaired) electrons. The summed E-state index contributed by atoms with van der Waals surface area (Å²) in [5.41, 5.74) is 4.47. The van der Waals surface area contributed by atoms with Crippen molar-refractivity contribution in [2.24, 2.45) is 5.92 Å². The number of carbonyl (C=O) groups excluding carboxylic acids is 1. The van der Waals surface area contributed by atoms with Crippen LogP contribution in [-0.4, -0.2) is 31.2 Å². The summed E-state index contributed by atoms with van der Waals surface area (Å²) in [6, 6.07) is 17.0. The average molecular weight is 505 g/mol. The van der Waals surface area contributed by atoms with E-state index >= 15 is 0 Å². The Kier molecular flexibility index (Phi) is 6.94. The van der Waals surface area contributed by atoms with Crippen LogP contribution >= 0.6 is 11.6 Å². The normalized spacial score (nSPS) is 17.9. The molecule has 2 aromatic heterocycles. The molecule has 186 valence electrons. The van der Waals surface area contributed by atoms with Crippen molar-refractivity contribution in [3.05, 3.63) is 93.1 Å². The highest BCUT2D eigenvalue weighted by atomic mass is 35.5. The number of aliphatic hydroxyl groups is 1. The Morgan fingerprint density at radius 1 is 1.08 bits per heavy atom. The van der Waals surface area contributed by atoms with Crippen molar-refractivity contribution >= 4 is 28.5 Å². The van der Waals surface area contributed by atoms with Crippen LogP contribution in [0.4, 0.5) is 0 Å². The Bertz CT molecular complexity index is 1450. The second-order valence-corrected chi connectivity index (χ2v) is 9.96. The fourth-order valence-electron chi connectivity index (χ4n) is 5.13. The van der Waals surface area contributed by atoms with Gasteiger partial charge in [-0.3, -0.25) is 18.9 Å². The minimum Gasteiger partial charge on any atom is -0.392 e. The van der Waals surface area contributed by atoms with Crippen molar-refractivity contribution in [3.63, 3.8) is 0 Å². The first-order chi connectivity index (χ1) is 17.4. The fourth-order valence-corrected chi connectivity index (χ4v) is 5.29. The molecule has 1 saturated carbocycles. The molecule has 8 heteroatoms. The highest BCUT2D eigenvalue weighted by Gasteiger charge is 2.25. The van der Waals surface area contributed by atoms with E-state index in [4.69, 9.17) is 11.6 Å². The quantitative estimate of drug-likeness (QED) is 0.400. The van der Waals surface area contributed by atoms with Crippen molar-refractivity contribution in [1.82, 2.24) is 19.4 Å². The number of nitrogens with zero attached hydrogens (tertiary/aromatic N) is 3. The smallest absolute Gasteiger partial charge is 0.333 e. The molecule has 1 amide bonds. The Morgan fingerprint density at radius 3 is 2.47 bits per heavy atom. The van der Waals surface area contributed by atoms with E-state index in [0.29, 0.717) is 28.7 Å². The number of para-hydroxylation sites is 2. The second-order valence-electron chi connectivity index (χ2n) is 9.52. The first-order valence-corrected chi connectivity index (χ1v) is 12.7. The zero-order valence-corrected chi connectivity index (χ0v) is 20.9. The van der Waals surface area contributed by atoms with Crippen LogP contribution < -0.4 is 11.0 Å². The molecule has 4 aromatic rings. The van der Waals surface area contributed by atoms with Crippen LogP contribution in [0, 0.1) is 12.8 Å². The first kappa shape index (κ1) is 24.3. The molecule has 0 atom stereocenters. The molecule has 36 heavy (non-hydrogen) atoms. The number of carbonyl (C=O) groups is 1. The lowest BCUT2D eigenvalue weighted by Crippen LogP contribution is -2.39. The number of nitrogens with one attached hydrogen (secondary N) is 1. The minimum absolute atomic E-state index is 0.0321. The van der Waals surface area contributed by atoms with Crippen LogP contribution in [0.3, 0.4) is 0 Å². The van der Waals surface area contributed by atoms with Crippen LogP contribution in [0.15, 0.2) is 65.6 Å². The summed E-state index contributed by atoms with van der Waals surface area (Å²) in [6.45, 7) is 2.41. The zero-order valence-electron chi connectivity index (χ0n) is 20.2. The molecule has 0 bridgehead atoms. The summed E-state index contributed by atoms with van der Waals surface area (Å²) in [5.74, 6) is 0.207. The van der Waals surface area contributed by atoms with E-state index in [-0.39, 0.29) is 24.2 Å². The number of fused-ring (bicyclic) bond motifs is 1. The maximum atomic E-state index is 13.5. The largest absolute Gasteiger partial charge is 0.392 e. The standard InChI is InChI=1S/C28H29ClN4O3/c1-18-24(14-21(29)15-30-18)27(35)31-22-10-6-19(7-11-22)16-32-25-4-2-3-5-26(25)33(28(32)36)23-12-8-20(17-34)9-13-23/h2-5,8-9,12-15,19,22,34H,6-7,10-11,16-17H2,1H3,(H,31,35). The molecule has 1 aliphatic rings. The van der Waals surface area contributed by atoms with Gasteiger partial charge in [-0.05, 0) is 74.4 Å². The van der Waals surface area contributed by atoms with Gasteiger partial charge in [-0.1, -0.05) is 35.9 Å². The highest BCUT2D eigenvalue weighted by Crippen LogP contribution is 2.28. The molecular formula is C28H29ClN4O3. The van der Waals surface area contributed by atoms with E-state index in [9.17, 15) is 14.7 Å². The van der Waals surface area contributed by atoms with Crippen molar-refractivity contribution in [3.8, 4) is 5.69 Å². The van der Waals surface area contributed by atoms with E-state index in [2.05, 4.69) is 10.3 Å². The van der Waals surface area contributed by atoms with Crippen LogP contribution in [0.5, 0.6) is 0 Å². The third kappa shape index (κ3) is 4.81. The summed E-state index contributed by atoms with van der Waals surface area (Å²) < 4.78 is 3.61. The van der Waals surface area contributed by atoms with Crippen LogP contribution in [0.25, 0.3) is 16.7 Å². The third-order valence-corrected chi connectivity index (χ3v) is 7.34. The molecular weight excluding hydrogens is 476 g/mol. The number of aromatic nitrogens is 3. The van der Waals surface area contributed by atoms with Crippen LogP contribution in [0.2, 0.25) is 5.02 Å². The topological polar surface area (TPSA) is 89.2 Å². The number of hydrogen-bond donors (Lipinski definition) is 2. The summed E-state index contributed by atoms with van der Waals surface area (Å²) in [4.78, 5) is 30.5. The van der Waals surface area contributed by atoms with E-state index in [1.807, 2.05) is 53.1 Å². The van der Waals surface area contributed by atoms with Gasteiger partial charge in [0, 0.05) is 18.8 Å². The average Bonchev–Trinajstić information content (AvgIpc) is 3.17. The van der Waals surface area contributed by atoms with Gasteiger partial charge in [0.15, 0.2) is 0 Å². The molecule has 1 fully saturated rings. The van der Waals surface area contributed by atoms with Gasteiger partial charge in [0.1, 0.15) is 0 Å². The van der Waals surface area contributed by atoms with Gasteiger partial charge in [0.05, 0.1) is 39.6 Å². The summed E-state index contributed by atoms with van der Waals surface area (Å²) >= 11 is 6.03. The lowest BCUT2D eigenvalue weighted by Gasteiger charge is -2.29. The Labute approximate surface area is 214 Å². The van der Waals surface area contributed by atoms with Gasteiger partial charge in [0.2, 0.25) is 0 Å². The Hall–Kier alpha value is -3.42. The number of aliphatic hydroxyl groups excluding tert-OH is 1. The number of benzene rings is 2. The van der Waals surface area contributed by atoms with E-state index in [1.165, 1.54) is 0 Å². The van der Waals surface area contributed by atoms with Gasteiger partial charge in [-0.15, -0.1) is 0 Å². The molecule has 2 aromatic carbocycles. The molecule has 7 nitrogen and oxygen atoms in total. The van der Waals surface area contributed by atoms with E-state index < -0.39 is 0 Å². The van der Waals surface area contributed by atoms with Gasteiger partial charge in [-0.25, -0.2) is 4.79 Å². The Morgan fingerprint density at radius 2 is 1.78 bits per heavy atom. The van der Waals surface area contributed by atoms with Crippen molar-refractivity contribution in [2.75, 3.05) is 0 Å². The molecule has 1 aliphatic carbocycles. The molecule has 0 unspecified atom stereocenters. The SMILES string of the molecule is Cc1ncc(Cl)cc1C(=O)NC1CCC(Cn2c(=O)n(-c3ccc(CO)cc3)c3ccccc32)CC1. The van der Waals surface area contributed by atoms with Gasteiger partial charge >= 0.3 is 5.69 Å². The maximum absolute atomic E-state index is 13.5. The predicted octanol–water partition coefficient (Wildman–Crippen LogP) is 4.63. The van der Waals surface area contributed by atoms with Crippen molar-refractivity contribution in [2.45, 2.75) is 51.8 Å². The van der Waals surface area contributed by atoms with E-state index in [1.54, 1.807) is 23.8 Å². The number of pyridine rings is 1. The Balaban J connectivity index is 1.30. The monoisotopic (exact) mass is 504 g/mol. The summed E-state index contributed by atoms with van der Waals surface area (Å²) in [7, 11) is 0. The molecule has 2 N–H and O–H groups in total. The number of rotatable bonds is 6. The van der Waals surface area contributed by atoms with Crippen LogP contribution in [0.1, 0.15) is 47.3 Å². The number of imidazole rings is 1. The fraction of sp³-hybridized carbons (Fsp3) is 0.321. The maximum Gasteiger partial charge on any atom is 0.333 e. The number of amides is 1. The molecule has 5 rings (SSSR count). The lowest BCUT2D eigenvalue weighted by molar-refractivity contribution is 0.0919. The van der Waals surface area contributed by atoms with Crippen molar-refractivity contribution < 1.29 is 9.90 Å². The van der Waals surface area contributed by atoms with Gasteiger partial charge in [0.25, 0.3) is 5.91 Å². The van der Waals surface area contributed by atoms with Crippen molar-refractivity contribution in [1.29, 1.82) is 0 Å². The number of halogens is 1. The highest BCUT2D eigenvalue weighted by molar-refractivity contribution is 6.30. The third-order valence-electron chi connectivity index (χ3n) is 7.13. The number of hydrogen-bond acceptors (Lipinski definition) is 4. The number of aryl methyl sites for hydroxylation is 1. The lowest BCUT2D eigenvalue weighted by atomic mass is 9.85. The second kappa shape index (κ2) is 10.3. The van der Waals surface area contributed by atoms with Crippen LogP contribution in [-0.2, 0) is 13.2 Å². The van der Waals surface area contributed by atoms with E-state index in [0.717, 1.165) is 48.0 Å². The first-order valence-electron chi connectivity index (χ1n) is 12.3. The molecule has 0 spiro atoms. The molecule has 0 aliphatic heterocycles. The molecule has 2 heterocycles. The minimum atomic E-state index is -0.141. The van der Waals surface area contributed by atoms with Gasteiger partial charge < -0.3 is 10.4 Å². The van der Waals surface area contributed by atoms with Gasteiger partial charge in [-0.2, -0.15) is 0 Å².